The van der Waals surface area contributed by atoms with Gasteiger partial charge in [0.1, 0.15) is 11.0 Å². The maximum atomic E-state index is 11.7. The van der Waals surface area contributed by atoms with E-state index in [0.29, 0.717) is 12.1 Å². The minimum atomic E-state index is -1.33. The Bertz CT molecular complexity index is 364. The molecule has 0 saturated heterocycles. The standard InChI is InChI=1S/C9H12N2O2S/c1-6(12)11-14(13)9-3-2-8(10)4-7(9)5-9/h2-3,7,10H,4-5H2,1H3,(H,11,12). The molecule has 0 heterocycles. The van der Waals surface area contributed by atoms with Crippen molar-refractivity contribution >= 4 is 22.6 Å². The Morgan fingerprint density at radius 1 is 1.79 bits per heavy atom. The second-order valence-electron chi connectivity index (χ2n) is 3.85. The minimum absolute atomic E-state index is 0.266. The molecule has 1 fully saturated rings. The lowest BCUT2D eigenvalue weighted by Crippen LogP contribution is -2.34. The number of rotatable bonds is 2. The van der Waals surface area contributed by atoms with Crippen LogP contribution in [0.1, 0.15) is 19.8 Å². The van der Waals surface area contributed by atoms with Gasteiger partial charge in [-0.15, -0.1) is 0 Å². The van der Waals surface area contributed by atoms with Crippen LogP contribution in [0.3, 0.4) is 0 Å². The van der Waals surface area contributed by atoms with Crippen molar-refractivity contribution < 1.29 is 9.00 Å². The summed E-state index contributed by atoms with van der Waals surface area (Å²) in [5, 5.41) is 7.44. The molecular weight excluding hydrogens is 200 g/mol. The largest absolute Gasteiger partial charge is 0.305 e. The molecule has 76 valence electrons. The Balaban J connectivity index is 2.13. The fourth-order valence-electron chi connectivity index (χ4n) is 1.86. The normalized spacial score (nSPS) is 36.1. The van der Waals surface area contributed by atoms with Gasteiger partial charge in [0, 0.05) is 12.6 Å². The number of hydrogen-bond donors (Lipinski definition) is 2. The highest BCUT2D eigenvalue weighted by atomic mass is 32.2. The van der Waals surface area contributed by atoms with E-state index in [2.05, 4.69) is 4.72 Å². The van der Waals surface area contributed by atoms with E-state index in [1.165, 1.54) is 6.92 Å². The first-order chi connectivity index (χ1) is 6.54. The zero-order chi connectivity index (χ0) is 10.3. The van der Waals surface area contributed by atoms with Crippen LogP contribution < -0.4 is 4.72 Å². The number of carbonyl (C=O) groups is 1. The fraction of sp³-hybridized carbons (Fsp3) is 0.556. The topological polar surface area (TPSA) is 70.0 Å². The Morgan fingerprint density at radius 2 is 2.50 bits per heavy atom. The molecule has 2 N–H and O–H groups in total. The van der Waals surface area contributed by atoms with Gasteiger partial charge >= 0.3 is 0 Å². The summed E-state index contributed by atoms with van der Waals surface area (Å²) in [7, 11) is -1.33. The van der Waals surface area contributed by atoms with Gasteiger partial charge in [0.25, 0.3) is 0 Å². The van der Waals surface area contributed by atoms with Gasteiger partial charge in [-0.05, 0) is 24.8 Å². The molecular formula is C9H12N2O2S. The van der Waals surface area contributed by atoms with Gasteiger partial charge in [-0.1, -0.05) is 6.08 Å². The zero-order valence-corrected chi connectivity index (χ0v) is 8.69. The van der Waals surface area contributed by atoms with E-state index in [1.54, 1.807) is 6.08 Å². The van der Waals surface area contributed by atoms with Crippen LogP contribution >= 0.6 is 0 Å². The monoisotopic (exact) mass is 212 g/mol. The molecule has 0 spiro atoms. The molecule has 2 aliphatic rings. The lowest BCUT2D eigenvalue weighted by molar-refractivity contribution is -0.117. The summed E-state index contributed by atoms with van der Waals surface area (Å²) < 4.78 is 13.8. The average molecular weight is 212 g/mol. The van der Waals surface area contributed by atoms with Crippen LogP contribution in [0.4, 0.5) is 0 Å². The van der Waals surface area contributed by atoms with E-state index >= 15 is 0 Å². The SMILES string of the molecule is CC(=O)NS(=O)C12C=CC(=N)CC1C2. The van der Waals surface area contributed by atoms with Crippen LogP contribution in [0, 0.1) is 11.3 Å². The van der Waals surface area contributed by atoms with Gasteiger partial charge in [0.05, 0.1) is 4.75 Å². The van der Waals surface area contributed by atoms with Crippen molar-refractivity contribution in [3.8, 4) is 0 Å². The summed E-state index contributed by atoms with van der Waals surface area (Å²) in [6.07, 6.45) is 5.01. The molecule has 0 bridgehead atoms. The molecule has 0 radical (unpaired) electrons. The Kier molecular flexibility index (Phi) is 2.06. The molecule has 3 atom stereocenters. The van der Waals surface area contributed by atoms with Crippen molar-refractivity contribution in [2.45, 2.75) is 24.5 Å². The number of amides is 1. The molecule has 0 aromatic rings. The number of nitrogens with one attached hydrogen (secondary N) is 2. The second-order valence-corrected chi connectivity index (χ2v) is 5.35. The van der Waals surface area contributed by atoms with Gasteiger partial charge in [-0.25, -0.2) is 4.21 Å². The van der Waals surface area contributed by atoms with Crippen LogP contribution in [0.2, 0.25) is 0 Å². The molecule has 3 unspecified atom stereocenters. The van der Waals surface area contributed by atoms with Crippen molar-refractivity contribution in [3.05, 3.63) is 12.2 Å². The number of carbonyl (C=O) groups excluding carboxylic acids is 1. The first kappa shape index (κ1) is 9.58. The van der Waals surface area contributed by atoms with Gasteiger partial charge in [-0.2, -0.15) is 0 Å². The smallest absolute Gasteiger partial charge is 0.228 e. The number of hydrogen-bond acceptors (Lipinski definition) is 3. The molecule has 0 aromatic carbocycles. The van der Waals surface area contributed by atoms with Crippen molar-refractivity contribution in [1.82, 2.24) is 4.72 Å². The van der Waals surface area contributed by atoms with Gasteiger partial charge in [-0.3, -0.25) is 9.52 Å². The lowest BCUT2D eigenvalue weighted by atomic mass is 10.1. The van der Waals surface area contributed by atoms with Gasteiger partial charge in [0.2, 0.25) is 5.91 Å². The van der Waals surface area contributed by atoms with Crippen LogP contribution in [0.25, 0.3) is 0 Å². The predicted octanol–water partition coefficient (Wildman–Crippen LogP) is 0.525. The molecule has 14 heavy (non-hydrogen) atoms. The van der Waals surface area contributed by atoms with E-state index < -0.39 is 11.0 Å². The lowest BCUT2D eigenvalue weighted by Gasteiger charge is -2.16. The highest BCUT2D eigenvalue weighted by Gasteiger charge is 2.59. The van der Waals surface area contributed by atoms with Crippen molar-refractivity contribution in [3.63, 3.8) is 0 Å². The summed E-state index contributed by atoms with van der Waals surface area (Å²) in [5.41, 5.74) is 0.586. The summed E-state index contributed by atoms with van der Waals surface area (Å²) in [5.74, 6) is 0.0186. The van der Waals surface area contributed by atoms with E-state index in [1.807, 2.05) is 6.08 Å². The van der Waals surface area contributed by atoms with Crippen molar-refractivity contribution in [2.75, 3.05) is 0 Å². The highest BCUT2D eigenvalue weighted by Crippen LogP contribution is 2.53. The summed E-state index contributed by atoms with van der Waals surface area (Å²) in [6.45, 7) is 1.36. The van der Waals surface area contributed by atoms with E-state index in [4.69, 9.17) is 5.41 Å². The number of allylic oxidation sites excluding steroid dienone is 1. The third-order valence-electron chi connectivity index (χ3n) is 2.71. The quantitative estimate of drug-likeness (QED) is 0.700. The first-order valence-corrected chi connectivity index (χ1v) is 5.65. The van der Waals surface area contributed by atoms with E-state index in [0.717, 1.165) is 6.42 Å². The molecule has 4 nitrogen and oxygen atoms in total. The predicted molar refractivity (Wildman–Crippen MR) is 54.3 cm³/mol. The third-order valence-corrected chi connectivity index (χ3v) is 4.51. The summed E-state index contributed by atoms with van der Waals surface area (Å²) >= 11 is 0. The molecule has 5 heteroatoms. The Morgan fingerprint density at radius 3 is 3.07 bits per heavy atom. The maximum absolute atomic E-state index is 11.7. The first-order valence-electron chi connectivity index (χ1n) is 4.50. The van der Waals surface area contributed by atoms with Crippen LogP contribution in [-0.2, 0) is 15.8 Å². The van der Waals surface area contributed by atoms with Crippen molar-refractivity contribution in [1.29, 1.82) is 5.41 Å². The Hall–Kier alpha value is -0.970. The van der Waals surface area contributed by atoms with Gasteiger partial charge < -0.3 is 5.41 Å². The third kappa shape index (κ3) is 1.41. The summed E-state index contributed by atoms with van der Waals surface area (Å²) in [6, 6.07) is 0. The van der Waals surface area contributed by atoms with Crippen molar-refractivity contribution in [2.24, 2.45) is 5.92 Å². The maximum Gasteiger partial charge on any atom is 0.228 e. The fourth-order valence-corrected chi connectivity index (χ4v) is 3.25. The van der Waals surface area contributed by atoms with Gasteiger partial charge in [0.15, 0.2) is 0 Å². The molecule has 0 aliphatic heterocycles. The van der Waals surface area contributed by atoms with Crippen LogP contribution in [0.15, 0.2) is 12.2 Å². The van der Waals surface area contributed by atoms with E-state index in [-0.39, 0.29) is 16.6 Å². The Labute approximate surface area is 84.9 Å². The summed E-state index contributed by atoms with van der Waals surface area (Å²) in [4.78, 5) is 10.8. The van der Waals surface area contributed by atoms with Crippen LogP contribution in [-0.4, -0.2) is 20.6 Å². The molecule has 0 aromatic heterocycles. The van der Waals surface area contributed by atoms with Crippen LogP contribution in [0.5, 0.6) is 0 Å². The van der Waals surface area contributed by atoms with E-state index in [9.17, 15) is 9.00 Å². The molecule has 2 rings (SSSR count). The molecule has 1 amide bonds. The highest BCUT2D eigenvalue weighted by molar-refractivity contribution is 7.85. The second kappa shape index (κ2) is 3.02. The zero-order valence-electron chi connectivity index (χ0n) is 7.87. The minimum Gasteiger partial charge on any atom is -0.305 e. The number of fused-ring (bicyclic) bond motifs is 1. The molecule has 1 saturated carbocycles. The molecule has 2 aliphatic carbocycles. The average Bonchev–Trinajstić information content (AvgIpc) is 2.77.